The fourth-order valence-electron chi connectivity index (χ4n) is 3.63. The second-order valence-electron chi connectivity index (χ2n) is 7.02. The van der Waals surface area contributed by atoms with Crippen LogP contribution in [-0.4, -0.2) is 24.4 Å². The standard InChI is InChI=1S/C19H26N2O2/c1-13-8-9-17(10-14(13)2)21-12-16(11-18(21)22)20-19(23)15-6-4-3-5-7-15/h8-10,15-16H,3-7,11-12H2,1-2H3,(H,20,23)/t16-/m0/s1. The Labute approximate surface area is 138 Å². The number of anilines is 1. The maximum absolute atomic E-state index is 12.4. The van der Waals surface area contributed by atoms with E-state index >= 15 is 0 Å². The Morgan fingerprint density at radius 3 is 2.57 bits per heavy atom. The van der Waals surface area contributed by atoms with Gasteiger partial charge >= 0.3 is 0 Å². The van der Waals surface area contributed by atoms with Crippen molar-refractivity contribution in [1.29, 1.82) is 0 Å². The number of carbonyl (C=O) groups is 2. The molecule has 2 amide bonds. The molecule has 1 heterocycles. The molecule has 4 heteroatoms. The van der Waals surface area contributed by atoms with Crippen LogP contribution in [0.2, 0.25) is 0 Å². The smallest absolute Gasteiger partial charge is 0.229 e. The van der Waals surface area contributed by atoms with Crippen LogP contribution in [-0.2, 0) is 9.59 Å². The molecule has 1 aromatic rings. The van der Waals surface area contributed by atoms with Crippen molar-refractivity contribution in [2.75, 3.05) is 11.4 Å². The van der Waals surface area contributed by atoms with Crippen molar-refractivity contribution in [3.63, 3.8) is 0 Å². The zero-order chi connectivity index (χ0) is 16.4. The van der Waals surface area contributed by atoms with E-state index in [4.69, 9.17) is 0 Å². The summed E-state index contributed by atoms with van der Waals surface area (Å²) >= 11 is 0. The first kappa shape index (κ1) is 16.0. The first-order valence-electron chi connectivity index (χ1n) is 8.72. The molecule has 1 aromatic carbocycles. The summed E-state index contributed by atoms with van der Waals surface area (Å²) in [6.07, 6.45) is 5.94. The Morgan fingerprint density at radius 2 is 1.87 bits per heavy atom. The molecule has 1 N–H and O–H groups in total. The summed E-state index contributed by atoms with van der Waals surface area (Å²) in [4.78, 5) is 26.5. The van der Waals surface area contributed by atoms with E-state index < -0.39 is 0 Å². The van der Waals surface area contributed by atoms with Gasteiger partial charge in [0.1, 0.15) is 0 Å². The number of benzene rings is 1. The summed E-state index contributed by atoms with van der Waals surface area (Å²) < 4.78 is 0. The zero-order valence-corrected chi connectivity index (χ0v) is 14.1. The third kappa shape index (κ3) is 3.57. The van der Waals surface area contributed by atoms with Crippen LogP contribution in [0.3, 0.4) is 0 Å². The van der Waals surface area contributed by atoms with E-state index in [9.17, 15) is 9.59 Å². The lowest BCUT2D eigenvalue weighted by Crippen LogP contribution is -2.41. The lowest BCUT2D eigenvalue weighted by Gasteiger charge is -2.23. The van der Waals surface area contributed by atoms with Crippen molar-refractivity contribution < 1.29 is 9.59 Å². The molecule has 3 rings (SSSR count). The van der Waals surface area contributed by atoms with E-state index in [0.29, 0.717) is 13.0 Å². The predicted molar refractivity (Wildman–Crippen MR) is 91.4 cm³/mol. The van der Waals surface area contributed by atoms with Gasteiger partial charge in [-0.2, -0.15) is 0 Å². The van der Waals surface area contributed by atoms with Crippen molar-refractivity contribution >= 4 is 17.5 Å². The third-order valence-electron chi connectivity index (χ3n) is 5.25. The topological polar surface area (TPSA) is 49.4 Å². The van der Waals surface area contributed by atoms with Crippen LogP contribution in [0.15, 0.2) is 18.2 Å². The third-order valence-corrected chi connectivity index (χ3v) is 5.25. The molecular weight excluding hydrogens is 288 g/mol. The van der Waals surface area contributed by atoms with Crippen LogP contribution in [0, 0.1) is 19.8 Å². The van der Waals surface area contributed by atoms with Crippen molar-refractivity contribution in [3.8, 4) is 0 Å². The quantitative estimate of drug-likeness (QED) is 0.932. The van der Waals surface area contributed by atoms with Gasteiger partial charge in [-0.15, -0.1) is 0 Å². The van der Waals surface area contributed by atoms with Crippen molar-refractivity contribution in [1.82, 2.24) is 5.32 Å². The molecule has 4 nitrogen and oxygen atoms in total. The normalized spacial score (nSPS) is 22.4. The van der Waals surface area contributed by atoms with Gasteiger partial charge in [0.25, 0.3) is 0 Å². The summed E-state index contributed by atoms with van der Waals surface area (Å²) in [5, 5.41) is 3.10. The predicted octanol–water partition coefficient (Wildman–Crippen LogP) is 3.11. The molecule has 0 bridgehead atoms. The molecule has 1 saturated carbocycles. The Hall–Kier alpha value is -1.84. The number of carbonyl (C=O) groups excluding carboxylic acids is 2. The van der Waals surface area contributed by atoms with Crippen LogP contribution >= 0.6 is 0 Å². The maximum atomic E-state index is 12.4. The molecule has 2 aliphatic rings. The SMILES string of the molecule is Cc1ccc(N2C[C@@H](NC(=O)C3CCCCC3)CC2=O)cc1C. The van der Waals surface area contributed by atoms with E-state index in [1.807, 2.05) is 12.1 Å². The van der Waals surface area contributed by atoms with Crippen LogP contribution < -0.4 is 10.2 Å². The van der Waals surface area contributed by atoms with E-state index in [2.05, 4.69) is 25.2 Å². The highest BCUT2D eigenvalue weighted by Crippen LogP contribution is 2.26. The highest BCUT2D eigenvalue weighted by atomic mass is 16.2. The molecular formula is C19H26N2O2. The van der Waals surface area contributed by atoms with Crippen molar-refractivity contribution in [3.05, 3.63) is 29.3 Å². The summed E-state index contributed by atoms with van der Waals surface area (Å²) in [6, 6.07) is 6.04. The molecule has 23 heavy (non-hydrogen) atoms. The Morgan fingerprint density at radius 1 is 1.13 bits per heavy atom. The number of rotatable bonds is 3. The van der Waals surface area contributed by atoms with Gasteiger partial charge in [0.05, 0.1) is 6.04 Å². The van der Waals surface area contributed by atoms with Crippen molar-refractivity contribution in [2.24, 2.45) is 5.92 Å². The van der Waals surface area contributed by atoms with Gasteiger partial charge in [-0.3, -0.25) is 9.59 Å². The highest BCUT2D eigenvalue weighted by molar-refractivity contribution is 5.97. The average Bonchev–Trinajstić information content (AvgIpc) is 2.91. The second-order valence-corrected chi connectivity index (χ2v) is 7.02. The lowest BCUT2D eigenvalue weighted by molar-refractivity contribution is -0.126. The number of nitrogens with one attached hydrogen (secondary N) is 1. The van der Waals surface area contributed by atoms with E-state index in [-0.39, 0.29) is 23.8 Å². The van der Waals surface area contributed by atoms with Crippen LogP contribution in [0.5, 0.6) is 0 Å². The molecule has 0 spiro atoms. The summed E-state index contributed by atoms with van der Waals surface area (Å²) in [5.41, 5.74) is 3.35. The van der Waals surface area contributed by atoms with Gasteiger partial charge < -0.3 is 10.2 Å². The van der Waals surface area contributed by atoms with E-state index in [1.165, 1.54) is 17.5 Å². The van der Waals surface area contributed by atoms with Gasteiger partial charge in [-0.25, -0.2) is 0 Å². The van der Waals surface area contributed by atoms with E-state index in [0.717, 1.165) is 31.4 Å². The van der Waals surface area contributed by atoms with E-state index in [1.54, 1.807) is 4.90 Å². The largest absolute Gasteiger partial charge is 0.351 e. The molecule has 124 valence electrons. The van der Waals surface area contributed by atoms with Gasteiger partial charge in [0, 0.05) is 24.6 Å². The Kier molecular flexibility index (Phi) is 4.69. The number of amides is 2. The Bertz CT molecular complexity index is 605. The van der Waals surface area contributed by atoms with Gasteiger partial charge in [0.2, 0.25) is 11.8 Å². The summed E-state index contributed by atoms with van der Waals surface area (Å²) in [6.45, 7) is 4.71. The summed E-state index contributed by atoms with van der Waals surface area (Å²) in [5.74, 6) is 0.390. The molecule has 1 aliphatic carbocycles. The first-order valence-corrected chi connectivity index (χ1v) is 8.72. The van der Waals surface area contributed by atoms with Crippen molar-refractivity contribution in [2.45, 2.75) is 58.4 Å². The monoisotopic (exact) mass is 314 g/mol. The van der Waals surface area contributed by atoms with Crippen LogP contribution in [0.1, 0.15) is 49.7 Å². The fraction of sp³-hybridized carbons (Fsp3) is 0.579. The zero-order valence-electron chi connectivity index (χ0n) is 14.1. The second kappa shape index (κ2) is 6.73. The van der Waals surface area contributed by atoms with Gasteiger partial charge in [-0.1, -0.05) is 25.3 Å². The lowest BCUT2D eigenvalue weighted by atomic mass is 9.88. The molecule has 0 aromatic heterocycles. The number of aryl methyl sites for hydroxylation is 2. The highest BCUT2D eigenvalue weighted by Gasteiger charge is 2.33. The molecule has 0 unspecified atom stereocenters. The number of hydrogen-bond acceptors (Lipinski definition) is 2. The first-order chi connectivity index (χ1) is 11.0. The van der Waals surface area contributed by atoms with Gasteiger partial charge in [-0.05, 0) is 49.9 Å². The molecule has 2 fully saturated rings. The summed E-state index contributed by atoms with van der Waals surface area (Å²) in [7, 11) is 0. The molecule has 1 atom stereocenters. The maximum Gasteiger partial charge on any atom is 0.229 e. The number of hydrogen-bond donors (Lipinski definition) is 1. The fourth-order valence-corrected chi connectivity index (χ4v) is 3.63. The molecule has 1 aliphatic heterocycles. The average molecular weight is 314 g/mol. The van der Waals surface area contributed by atoms with Crippen LogP contribution in [0.4, 0.5) is 5.69 Å². The van der Waals surface area contributed by atoms with Crippen LogP contribution in [0.25, 0.3) is 0 Å². The molecule has 1 saturated heterocycles. The Balaban J connectivity index is 1.62. The van der Waals surface area contributed by atoms with Gasteiger partial charge in [0.15, 0.2) is 0 Å². The minimum absolute atomic E-state index is 0.0569. The minimum atomic E-state index is -0.0569. The minimum Gasteiger partial charge on any atom is -0.351 e. The number of nitrogens with zero attached hydrogens (tertiary/aromatic N) is 1. The molecule has 0 radical (unpaired) electrons.